The number of fused-ring (bicyclic) bond motifs is 1. The summed E-state index contributed by atoms with van der Waals surface area (Å²) in [6.45, 7) is -0.199. The van der Waals surface area contributed by atoms with Crippen LogP contribution in [-0.2, 0) is 19.4 Å². The molecular weight excluding hydrogens is 437 g/mol. The highest BCUT2D eigenvalue weighted by molar-refractivity contribution is 5.94. The molecule has 4 rings (SSSR count). The predicted octanol–water partition coefficient (Wildman–Crippen LogP) is 4.78. The monoisotopic (exact) mass is 458 g/mol. The number of nitrogens with zero attached hydrogens (tertiary/aromatic N) is 4. The van der Waals surface area contributed by atoms with Crippen LogP contribution in [0.1, 0.15) is 39.3 Å². The molecule has 2 aromatic carbocycles. The smallest absolute Gasteiger partial charge is 0.324 e. The van der Waals surface area contributed by atoms with Gasteiger partial charge in [0, 0.05) is 22.9 Å². The van der Waals surface area contributed by atoms with Gasteiger partial charge in [0.2, 0.25) is 0 Å². The number of rotatable bonds is 6. The van der Waals surface area contributed by atoms with Crippen molar-refractivity contribution in [2.24, 2.45) is 0 Å². The van der Waals surface area contributed by atoms with Crippen LogP contribution >= 0.6 is 0 Å². The van der Waals surface area contributed by atoms with Crippen molar-refractivity contribution in [1.82, 2.24) is 14.7 Å². The van der Waals surface area contributed by atoms with E-state index in [1.54, 1.807) is 4.68 Å². The highest BCUT2D eigenvalue weighted by atomic mass is 19.4. The Balaban J connectivity index is 1.76. The third-order valence-electron chi connectivity index (χ3n) is 5.68. The Kier molecular flexibility index (Phi) is 5.92. The van der Waals surface area contributed by atoms with Gasteiger partial charge in [-0.15, -0.1) is 0 Å². The van der Waals surface area contributed by atoms with Gasteiger partial charge in [0.25, 0.3) is 11.6 Å². The van der Waals surface area contributed by atoms with Crippen molar-refractivity contribution in [3.63, 3.8) is 0 Å². The zero-order valence-electron chi connectivity index (χ0n) is 17.8. The molecule has 3 aromatic rings. The van der Waals surface area contributed by atoms with Crippen LogP contribution in [0, 0.1) is 17.0 Å². The number of nitro benzene ring substituents is 1. The Bertz CT molecular complexity index is 1220. The number of para-hydroxylation sites is 2. The fraction of sp³-hybridized carbons (Fsp3) is 0.304. The highest BCUT2D eigenvalue weighted by Gasteiger charge is 2.37. The summed E-state index contributed by atoms with van der Waals surface area (Å²) in [6.07, 6.45) is -2.72. The van der Waals surface area contributed by atoms with Crippen molar-refractivity contribution in [3.8, 4) is 5.69 Å². The molecule has 33 heavy (non-hydrogen) atoms. The molecule has 7 nitrogen and oxygen atoms in total. The molecule has 0 N–H and O–H groups in total. The van der Waals surface area contributed by atoms with Gasteiger partial charge in [-0.2, -0.15) is 18.3 Å². The van der Waals surface area contributed by atoms with Crippen LogP contribution in [0.2, 0.25) is 0 Å². The summed E-state index contributed by atoms with van der Waals surface area (Å²) in [6, 6.07) is 12.9. The average molecular weight is 458 g/mol. The molecule has 0 unspecified atom stereocenters. The van der Waals surface area contributed by atoms with E-state index in [1.807, 2.05) is 31.2 Å². The van der Waals surface area contributed by atoms with E-state index in [0.29, 0.717) is 23.3 Å². The quantitative estimate of drug-likeness (QED) is 0.393. The van der Waals surface area contributed by atoms with Gasteiger partial charge in [0.1, 0.15) is 6.54 Å². The van der Waals surface area contributed by atoms with Gasteiger partial charge < -0.3 is 4.90 Å². The van der Waals surface area contributed by atoms with E-state index < -0.39 is 30.1 Å². The number of nitro groups is 1. The molecule has 1 aromatic heterocycles. The Hall–Kier alpha value is -3.69. The molecular formula is C23H21F3N4O3. The van der Waals surface area contributed by atoms with Crippen molar-refractivity contribution in [2.75, 3.05) is 6.54 Å². The summed E-state index contributed by atoms with van der Waals surface area (Å²) < 4.78 is 41.8. The zero-order valence-corrected chi connectivity index (χ0v) is 17.8. The second-order valence-electron chi connectivity index (χ2n) is 7.99. The number of amides is 1. The summed E-state index contributed by atoms with van der Waals surface area (Å²) >= 11 is 0. The SMILES string of the molecule is Cc1ccccc1-n1nc(C(=O)N(Cc2ccccc2[N+](=O)[O-])CC(F)(F)F)c2c1CCC2. The van der Waals surface area contributed by atoms with Crippen LogP contribution in [0.3, 0.4) is 0 Å². The minimum absolute atomic E-state index is 0.0232. The van der Waals surface area contributed by atoms with Gasteiger partial charge in [-0.05, 0) is 37.8 Å². The van der Waals surface area contributed by atoms with Gasteiger partial charge in [-0.25, -0.2) is 4.68 Å². The molecule has 0 fully saturated rings. The number of aromatic nitrogens is 2. The normalized spacial score (nSPS) is 13.1. The highest BCUT2D eigenvalue weighted by Crippen LogP contribution is 2.31. The van der Waals surface area contributed by atoms with E-state index in [9.17, 15) is 28.1 Å². The summed E-state index contributed by atoms with van der Waals surface area (Å²) in [7, 11) is 0. The molecule has 0 atom stereocenters. The second kappa shape index (κ2) is 8.68. The molecule has 0 radical (unpaired) electrons. The largest absolute Gasteiger partial charge is 0.406 e. The molecule has 1 aliphatic rings. The maximum absolute atomic E-state index is 13.4. The fourth-order valence-corrected chi connectivity index (χ4v) is 4.20. The van der Waals surface area contributed by atoms with Gasteiger partial charge in [-0.1, -0.05) is 36.4 Å². The standard InChI is InChI=1S/C23H21F3N4O3/c1-15-7-2-4-10-18(15)29-20-12-6-9-17(20)21(27-29)22(31)28(14-23(24,25)26)13-16-8-3-5-11-19(16)30(32)33/h2-5,7-8,10-11H,6,9,12-14H2,1H3. The molecule has 1 amide bonds. The number of carbonyl (C=O) groups excluding carboxylic acids is 1. The third-order valence-corrected chi connectivity index (χ3v) is 5.68. The maximum Gasteiger partial charge on any atom is 0.406 e. The number of alkyl halides is 3. The van der Waals surface area contributed by atoms with E-state index in [1.165, 1.54) is 24.3 Å². The first kappa shape index (κ1) is 22.5. The Morgan fingerprint density at radius 1 is 1.15 bits per heavy atom. The molecule has 10 heteroatoms. The minimum atomic E-state index is -4.68. The fourth-order valence-electron chi connectivity index (χ4n) is 4.20. The third kappa shape index (κ3) is 4.59. The van der Waals surface area contributed by atoms with Crippen LogP contribution in [-0.4, -0.2) is 38.2 Å². The van der Waals surface area contributed by atoms with E-state index in [4.69, 9.17) is 0 Å². The van der Waals surface area contributed by atoms with E-state index in [2.05, 4.69) is 5.10 Å². The van der Waals surface area contributed by atoms with Crippen molar-refractivity contribution in [1.29, 1.82) is 0 Å². The number of hydrogen-bond acceptors (Lipinski definition) is 4. The van der Waals surface area contributed by atoms with Crippen LogP contribution in [0.5, 0.6) is 0 Å². The molecule has 0 spiro atoms. The first-order valence-corrected chi connectivity index (χ1v) is 10.4. The first-order valence-electron chi connectivity index (χ1n) is 10.4. The Morgan fingerprint density at radius 2 is 1.85 bits per heavy atom. The van der Waals surface area contributed by atoms with E-state index in [-0.39, 0.29) is 16.9 Å². The summed E-state index contributed by atoms with van der Waals surface area (Å²) in [4.78, 5) is 24.6. The molecule has 1 aliphatic carbocycles. The topological polar surface area (TPSA) is 81.3 Å². The minimum Gasteiger partial charge on any atom is -0.324 e. The lowest BCUT2D eigenvalue weighted by molar-refractivity contribution is -0.385. The van der Waals surface area contributed by atoms with E-state index in [0.717, 1.165) is 23.4 Å². The molecule has 0 bridgehead atoms. The second-order valence-corrected chi connectivity index (χ2v) is 7.99. The number of benzene rings is 2. The van der Waals surface area contributed by atoms with Crippen LogP contribution in [0.4, 0.5) is 18.9 Å². The lowest BCUT2D eigenvalue weighted by atomic mass is 10.1. The number of carbonyl (C=O) groups is 1. The molecule has 0 saturated heterocycles. The lowest BCUT2D eigenvalue weighted by Gasteiger charge is -2.23. The van der Waals surface area contributed by atoms with Crippen molar-refractivity contribution < 1.29 is 22.9 Å². The van der Waals surface area contributed by atoms with Gasteiger partial charge in [-0.3, -0.25) is 14.9 Å². The summed E-state index contributed by atoms with van der Waals surface area (Å²) in [5.74, 6) is -0.893. The van der Waals surface area contributed by atoms with Crippen molar-refractivity contribution >= 4 is 11.6 Å². The Labute approximate surface area is 187 Å². The molecule has 0 aliphatic heterocycles. The lowest BCUT2D eigenvalue weighted by Crippen LogP contribution is -2.39. The number of aryl methyl sites for hydroxylation is 1. The summed E-state index contributed by atoms with van der Waals surface area (Å²) in [5, 5.41) is 15.8. The Morgan fingerprint density at radius 3 is 2.55 bits per heavy atom. The number of hydrogen-bond donors (Lipinski definition) is 0. The predicted molar refractivity (Wildman–Crippen MR) is 114 cm³/mol. The average Bonchev–Trinajstić information content (AvgIpc) is 3.35. The molecule has 0 saturated carbocycles. The first-order chi connectivity index (χ1) is 15.7. The summed E-state index contributed by atoms with van der Waals surface area (Å²) in [5.41, 5.74) is 2.77. The number of halogens is 3. The van der Waals surface area contributed by atoms with E-state index >= 15 is 0 Å². The van der Waals surface area contributed by atoms with Gasteiger partial charge in [0.05, 0.1) is 17.2 Å². The van der Waals surface area contributed by atoms with Gasteiger partial charge in [0.15, 0.2) is 5.69 Å². The van der Waals surface area contributed by atoms with Crippen LogP contribution < -0.4 is 0 Å². The van der Waals surface area contributed by atoms with Gasteiger partial charge >= 0.3 is 6.18 Å². The van der Waals surface area contributed by atoms with Crippen LogP contribution in [0.15, 0.2) is 48.5 Å². The molecule has 172 valence electrons. The van der Waals surface area contributed by atoms with Crippen LogP contribution in [0.25, 0.3) is 5.69 Å². The van der Waals surface area contributed by atoms with Crippen molar-refractivity contribution in [2.45, 2.75) is 38.9 Å². The van der Waals surface area contributed by atoms with Crippen molar-refractivity contribution in [3.05, 3.63) is 86.7 Å². The molecule has 1 heterocycles. The zero-order chi connectivity index (χ0) is 23.8. The maximum atomic E-state index is 13.4.